The highest BCUT2D eigenvalue weighted by Crippen LogP contribution is 2.22. The number of halogens is 1. The quantitative estimate of drug-likeness (QED) is 0.393. The Labute approximate surface area is 139 Å². The van der Waals surface area contributed by atoms with Gasteiger partial charge >= 0.3 is 0 Å². The van der Waals surface area contributed by atoms with Crippen LogP contribution in [0.3, 0.4) is 0 Å². The van der Waals surface area contributed by atoms with Gasteiger partial charge in [-0.1, -0.05) is 29.8 Å². The van der Waals surface area contributed by atoms with E-state index in [4.69, 9.17) is 16.3 Å². The standard InChI is InChI=1S/C19H14ClNO2/c1-23-16-9-6-13(7-10-16)18(22)11-8-15-12-14-4-2-3-5-17(14)21-19(15)20/h2-12H,1H3/b11-8-. The molecule has 1 heterocycles. The molecule has 2 aromatic carbocycles. The van der Waals surface area contributed by atoms with Crippen molar-refractivity contribution >= 4 is 34.4 Å². The van der Waals surface area contributed by atoms with Gasteiger partial charge in [0.15, 0.2) is 5.78 Å². The van der Waals surface area contributed by atoms with Gasteiger partial charge in [-0.2, -0.15) is 0 Å². The van der Waals surface area contributed by atoms with E-state index in [2.05, 4.69) is 4.98 Å². The summed E-state index contributed by atoms with van der Waals surface area (Å²) in [5.41, 5.74) is 2.13. The van der Waals surface area contributed by atoms with Crippen molar-refractivity contribution in [3.63, 3.8) is 0 Å². The summed E-state index contributed by atoms with van der Waals surface area (Å²) in [6.07, 6.45) is 3.19. The third-order valence-electron chi connectivity index (χ3n) is 3.49. The average Bonchev–Trinajstić information content (AvgIpc) is 2.59. The minimum Gasteiger partial charge on any atom is -0.497 e. The molecule has 0 aliphatic rings. The van der Waals surface area contributed by atoms with E-state index >= 15 is 0 Å². The van der Waals surface area contributed by atoms with E-state index in [-0.39, 0.29) is 5.78 Å². The molecule has 3 aromatic rings. The summed E-state index contributed by atoms with van der Waals surface area (Å²) in [7, 11) is 1.59. The zero-order chi connectivity index (χ0) is 16.2. The fourth-order valence-electron chi connectivity index (χ4n) is 2.24. The lowest BCUT2D eigenvalue weighted by Crippen LogP contribution is -1.94. The fourth-order valence-corrected chi connectivity index (χ4v) is 2.45. The number of fused-ring (bicyclic) bond motifs is 1. The maximum atomic E-state index is 12.2. The van der Waals surface area contributed by atoms with Crippen molar-refractivity contribution in [1.82, 2.24) is 4.98 Å². The van der Waals surface area contributed by atoms with Crippen molar-refractivity contribution in [3.05, 3.63) is 77.0 Å². The van der Waals surface area contributed by atoms with Crippen LogP contribution >= 0.6 is 11.6 Å². The number of ether oxygens (including phenoxy) is 1. The van der Waals surface area contributed by atoms with Crippen LogP contribution in [0.2, 0.25) is 5.15 Å². The third kappa shape index (κ3) is 3.41. The van der Waals surface area contributed by atoms with Crippen LogP contribution in [0.15, 0.2) is 60.7 Å². The Morgan fingerprint density at radius 1 is 1.13 bits per heavy atom. The first-order valence-corrected chi connectivity index (χ1v) is 7.47. The summed E-state index contributed by atoms with van der Waals surface area (Å²) in [4.78, 5) is 16.5. The lowest BCUT2D eigenvalue weighted by atomic mass is 10.1. The first-order valence-electron chi connectivity index (χ1n) is 7.09. The van der Waals surface area contributed by atoms with Crippen LogP contribution < -0.4 is 4.74 Å². The summed E-state index contributed by atoms with van der Waals surface area (Å²) >= 11 is 6.18. The first kappa shape index (κ1) is 15.3. The lowest BCUT2D eigenvalue weighted by Gasteiger charge is -2.02. The van der Waals surface area contributed by atoms with Gasteiger partial charge in [0, 0.05) is 16.5 Å². The van der Waals surface area contributed by atoms with Gasteiger partial charge < -0.3 is 4.74 Å². The molecule has 0 radical (unpaired) electrons. The molecule has 3 nitrogen and oxygen atoms in total. The van der Waals surface area contributed by atoms with Gasteiger partial charge in [-0.15, -0.1) is 0 Å². The van der Waals surface area contributed by atoms with Crippen LogP contribution in [0, 0.1) is 0 Å². The molecule has 0 atom stereocenters. The van der Waals surface area contributed by atoms with Gasteiger partial charge in [-0.3, -0.25) is 4.79 Å². The van der Waals surface area contributed by atoms with Crippen LogP contribution in [-0.2, 0) is 0 Å². The molecule has 0 saturated heterocycles. The van der Waals surface area contributed by atoms with Crippen LogP contribution in [0.1, 0.15) is 15.9 Å². The predicted octanol–water partition coefficient (Wildman–Crippen LogP) is 4.79. The van der Waals surface area contributed by atoms with Crippen molar-refractivity contribution in [2.24, 2.45) is 0 Å². The Morgan fingerprint density at radius 3 is 2.61 bits per heavy atom. The van der Waals surface area contributed by atoms with Crippen LogP contribution in [0.25, 0.3) is 17.0 Å². The molecule has 114 valence electrons. The fraction of sp³-hybridized carbons (Fsp3) is 0.0526. The number of para-hydroxylation sites is 1. The van der Waals surface area contributed by atoms with Crippen molar-refractivity contribution in [3.8, 4) is 5.75 Å². The highest BCUT2D eigenvalue weighted by atomic mass is 35.5. The van der Waals surface area contributed by atoms with Gasteiger partial charge in [-0.05, 0) is 48.6 Å². The number of aromatic nitrogens is 1. The van der Waals surface area contributed by atoms with E-state index in [1.807, 2.05) is 30.3 Å². The number of hydrogen-bond acceptors (Lipinski definition) is 3. The monoisotopic (exact) mass is 323 g/mol. The highest BCUT2D eigenvalue weighted by molar-refractivity contribution is 6.31. The number of carbonyl (C=O) groups excluding carboxylic acids is 1. The number of benzene rings is 2. The molecule has 23 heavy (non-hydrogen) atoms. The van der Waals surface area contributed by atoms with Gasteiger partial charge in [0.25, 0.3) is 0 Å². The Kier molecular flexibility index (Phi) is 4.40. The van der Waals surface area contributed by atoms with Crippen molar-refractivity contribution in [1.29, 1.82) is 0 Å². The number of carbonyl (C=O) groups is 1. The zero-order valence-corrected chi connectivity index (χ0v) is 13.2. The molecule has 0 saturated carbocycles. The summed E-state index contributed by atoms with van der Waals surface area (Å²) in [6.45, 7) is 0. The number of nitrogens with zero attached hydrogens (tertiary/aromatic N) is 1. The van der Waals surface area contributed by atoms with Gasteiger partial charge in [0.05, 0.1) is 12.6 Å². The smallest absolute Gasteiger partial charge is 0.185 e. The van der Waals surface area contributed by atoms with E-state index < -0.39 is 0 Å². The molecule has 1 aromatic heterocycles. The predicted molar refractivity (Wildman–Crippen MR) is 93.1 cm³/mol. The SMILES string of the molecule is COc1ccc(C(=O)/C=C\c2cc3ccccc3nc2Cl)cc1. The molecule has 0 aliphatic heterocycles. The molecule has 0 spiro atoms. The minimum atomic E-state index is -0.100. The third-order valence-corrected chi connectivity index (χ3v) is 3.80. The topological polar surface area (TPSA) is 39.2 Å². The number of rotatable bonds is 4. The van der Waals surface area contributed by atoms with Crippen LogP contribution in [-0.4, -0.2) is 17.9 Å². The minimum absolute atomic E-state index is 0.100. The van der Waals surface area contributed by atoms with E-state index in [0.717, 1.165) is 10.9 Å². The summed E-state index contributed by atoms with van der Waals surface area (Å²) in [5.74, 6) is 0.615. The van der Waals surface area contributed by atoms with Gasteiger partial charge in [0.2, 0.25) is 0 Å². The lowest BCUT2D eigenvalue weighted by molar-refractivity contribution is 0.104. The summed E-state index contributed by atoms with van der Waals surface area (Å²) in [5, 5.41) is 1.36. The molecular weight excluding hydrogens is 310 g/mol. The molecule has 4 heteroatoms. The van der Waals surface area contributed by atoms with Gasteiger partial charge in [-0.25, -0.2) is 4.98 Å². The normalized spacial score (nSPS) is 11.0. The largest absolute Gasteiger partial charge is 0.497 e. The molecule has 0 unspecified atom stereocenters. The van der Waals surface area contributed by atoms with Gasteiger partial charge in [0.1, 0.15) is 10.9 Å². The van der Waals surface area contributed by atoms with Crippen molar-refractivity contribution in [2.75, 3.05) is 7.11 Å². The molecule has 0 aliphatic carbocycles. The Hall–Kier alpha value is -2.65. The highest BCUT2D eigenvalue weighted by Gasteiger charge is 2.05. The van der Waals surface area contributed by atoms with Crippen LogP contribution in [0.4, 0.5) is 0 Å². The molecule has 0 fully saturated rings. The van der Waals surface area contributed by atoms with Crippen LogP contribution in [0.5, 0.6) is 5.75 Å². The Balaban J connectivity index is 1.86. The van der Waals surface area contributed by atoms with E-state index in [9.17, 15) is 4.79 Å². The number of allylic oxidation sites excluding steroid dienone is 1. The van der Waals surface area contributed by atoms with E-state index in [0.29, 0.717) is 22.0 Å². The molecule has 0 amide bonds. The number of methoxy groups -OCH3 is 1. The van der Waals surface area contributed by atoms with Crippen molar-refractivity contribution < 1.29 is 9.53 Å². The average molecular weight is 324 g/mol. The van der Waals surface area contributed by atoms with Crippen molar-refractivity contribution in [2.45, 2.75) is 0 Å². The molecule has 0 N–H and O–H groups in total. The summed E-state index contributed by atoms with van der Waals surface area (Å²) in [6, 6.07) is 16.6. The number of ketones is 1. The summed E-state index contributed by atoms with van der Waals surface area (Å²) < 4.78 is 5.08. The second-order valence-electron chi connectivity index (χ2n) is 4.99. The maximum Gasteiger partial charge on any atom is 0.185 e. The molecule has 3 rings (SSSR count). The van der Waals surface area contributed by atoms with E-state index in [1.54, 1.807) is 37.5 Å². The zero-order valence-electron chi connectivity index (χ0n) is 12.5. The Morgan fingerprint density at radius 2 is 1.87 bits per heavy atom. The Bertz CT molecular complexity index is 886. The van der Waals surface area contributed by atoms with E-state index in [1.165, 1.54) is 6.08 Å². The molecule has 0 bridgehead atoms. The number of hydrogen-bond donors (Lipinski definition) is 0. The first-order chi connectivity index (χ1) is 11.2. The molecular formula is C19H14ClNO2. The second-order valence-corrected chi connectivity index (χ2v) is 5.35. The maximum absolute atomic E-state index is 12.2. The number of pyridine rings is 1. The second kappa shape index (κ2) is 6.63.